The van der Waals surface area contributed by atoms with Gasteiger partial charge in [-0.1, -0.05) is 89.8 Å². The van der Waals surface area contributed by atoms with Crippen molar-refractivity contribution >= 4 is 75.1 Å². The van der Waals surface area contributed by atoms with E-state index < -0.39 is 90.5 Å². The summed E-state index contributed by atoms with van der Waals surface area (Å²) in [6, 6.07) is 0. The standard InChI is InChI=1S/C37H64N7O19P3S/c1-37(2,32(50)35(51)40-18-17-26(45)39-19-20-67-28(48)16-14-12-10-8-6-4-3-5-7-9-11-13-15-27(46)47)22-60-66(57,58)63-65(55,56)59-21-25-31(62-64(52,53)54)30(49)36(61-25)44-24-43-29-33(38)41-23-42-34(29)44/h23-25,30-32,36,49-50H,3-22H2,1-2H3,(H,39,45)(H,40,51)(H,46,47)(H,55,56)(H,57,58)(H2,38,41,42)(H2,52,53,54)/t25-,30-,31-,32+,36-/m1/s1. The first-order chi connectivity index (χ1) is 31.4. The molecule has 2 unspecified atom stereocenters. The topological polar surface area (TPSA) is 401 Å². The van der Waals surface area contributed by atoms with Crippen LogP contribution in [0.5, 0.6) is 0 Å². The van der Waals surface area contributed by atoms with Crippen molar-refractivity contribution in [1.82, 2.24) is 30.2 Å². The highest BCUT2D eigenvalue weighted by Gasteiger charge is 2.50. The smallest absolute Gasteiger partial charge is 0.481 e. The van der Waals surface area contributed by atoms with Crippen LogP contribution in [0, 0.1) is 5.41 Å². The quantitative estimate of drug-likeness (QED) is 0.0355. The van der Waals surface area contributed by atoms with Crippen LogP contribution in [0.2, 0.25) is 0 Å². The van der Waals surface area contributed by atoms with Crippen molar-refractivity contribution in [3.63, 3.8) is 0 Å². The first-order valence-corrected chi connectivity index (χ1v) is 27.2. The molecule has 1 fully saturated rings. The second-order valence-corrected chi connectivity index (χ2v) is 21.8. The number of imidazole rings is 1. The number of nitrogens with zero attached hydrogens (tertiary/aromatic N) is 4. The van der Waals surface area contributed by atoms with Gasteiger partial charge in [-0.3, -0.25) is 37.3 Å². The Balaban J connectivity index is 1.30. The minimum Gasteiger partial charge on any atom is -0.481 e. The monoisotopic (exact) mass is 1040 g/mol. The maximum absolute atomic E-state index is 12.7. The number of carboxylic acid groups (broad SMARTS) is 1. The second-order valence-electron chi connectivity index (χ2n) is 16.4. The van der Waals surface area contributed by atoms with Crippen LogP contribution in [0.15, 0.2) is 12.7 Å². The SMILES string of the molecule is CC(C)(COP(=O)(O)OP(=O)(O)OC[C@H]1O[C@@H](n2cnc3c(N)ncnc32)[C@H](O)[C@@H]1OP(=O)(O)O)[C@@H](O)C(=O)NCCC(=O)NCCSC(=O)CCCCCCCCCCCCCCC(=O)O. The molecule has 0 bridgehead atoms. The molecule has 1 aliphatic rings. The van der Waals surface area contributed by atoms with E-state index in [1.807, 2.05) is 0 Å². The number of nitrogens with one attached hydrogen (secondary N) is 2. The lowest BCUT2D eigenvalue weighted by atomic mass is 9.87. The van der Waals surface area contributed by atoms with Gasteiger partial charge in [-0.25, -0.2) is 28.6 Å². The third-order valence-electron chi connectivity index (χ3n) is 10.3. The van der Waals surface area contributed by atoms with Gasteiger partial charge < -0.3 is 56.0 Å². The van der Waals surface area contributed by atoms with E-state index in [2.05, 4.69) is 34.4 Å². The average Bonchev–Trinajstić information content (AvgIpc) is 3.80. The summed E-state index contributed by atoms with van der Waals surface area (Å²) >= 11 is 1.13. The molecule has 7 atom stereocenters. The molecule has 3 rings (SSSR count). The molecule has 2 amide bonds. The van der Waals surface area contributed by atoms with Gasteiger partial charge in [0, 0.05) is 43.5 Å². The molecular weight excluding hydrogens is 971 g/mol. The first kappa shape index (κ1) is 58.3. The van der Waals surface area contributed by atoms with Crippen molar-refractivity contribution < 1.29 is 90.4 Å². The number of nitrogens with two attached hydrogens (primary N) is 1. The summed E-state index contributed by atoms with van der Waals surface area (Å²) in [6.45, 7) is 0.502. The van der Waals surface area contributed by atoms with E-state index in [1.54, 1.807) is 0 Å². The van der Waals surface area contributed by atoms with E-state index in [4.69, 9.17) is 24.6 Å². The number of rotatable bonds is 34. The predicted octanol–water partition coefficient (Wildman–Crippen LogP) is 3.21. The Morgan fingerprint density at radius 2 is 1.43 bits per heavy atom. The summed E-state index contributed by atoms with van der Waals surface area (Å²) in [7, 11) is -16.4. The van der Waals surface area contributed by atoms with Gasteiger partial charge in [-0.05, 0) is 12.8 Å². The van der Waals surface area contributed by atoms with Crippen molar-refractivity contribution in [2.45, 2.75) is 141 Å². The fraction of sp³-hybridized carbons (Fsp3) is 0.757. The molecule has 67 heavy (non-hydrogen) atoms. The molecule has 2 aromatic heterocycles. The van der Waals surface area contributed by atoms with Gasteiger partial charge in [-0.2, -0.15) is 4.31 Å². The van der Waals surface area contributed by atoms with E-state index in [-0.39, 0.29) is 48.0 Å². The number of phosphoric acid groups is 3. The van der Waals surface area contributed by atoms with Crippen molar-refractivity contribution in [3.8, 4) is 0 Å². The number of carbonyl (C=O) groups is 4. The van der Waals surface area contributed by atoms with Gasteiger partial charge in [0.25, 0.3) is 0 Å². The Kier molecular flexibility index (Phi) is 24.4. The van der Waals surface area contributed by atoms with Crippen molar-refractivity contribution in [2.75, 3.05) is 37.8 Å². The van der Waals surface area contributed by atoms with Crippen LogP contribution in [-0.4, -0.2) is 134 Å². The minimum absolute atomic E-state index is 0.0279. The largest absolute Gasteiger partial charge is 0.481 e. The number of carbonyl (C=O) groups excluding carboxylic acids is 3. The Morgan fingerprint density at radius 3 is 2.03 bits per heavy atom. The average molecular weight is 1040 g/mol. The molecule has 11 N–H and O–H groups in total. The van der Waals surface area contributed by atoms with Crippen molar-refractivity contribution in [2.24, 2.45) is 5.41 Å². The zero-order chi connectivity index (χ0) is 49.8. The number of thioether (sulfide) groups is 1. The summed E-state index contributed by atoms with van der Waals surface area (Å²) in [4.78, 5) is 98.8. The highest BCUT2D eigenvalue weighted by atomic mass is 32.2. The summed E-state index contributed by atoms with van der Waals surface area (Å²) in [5.41, 5.74) is 4.26. The molecule has 1 saturated heterocycles. The van der Waals surface area contributed by atoms with Crippen molar-refractivity contribution in [1.29, 1.82) is 0 Å². The predicted molar refractivity (Wildman–Crippen MR) is 239 cm³/mol. The number of aliphatic hydroxyl groups excluding tert-OH is 2. The lowest BCUT2D eigenvalue weighted by molar-refractivity contribution is -0.137. The molecule has 1 aliphatic heterocycles. The highest BCUT2D eigenvalue weighted by Crippen LogP contribution is 2.61. The normalized spacial score (nSPS) is 20.0. The third-order valence-corrected chi connectivity index (χ3v) is 14.3. The zero-order valence-electron chi connectivity index (χ0n) is 37.3. The van der Waals surface area contributed by atoms with Crippen LogP contribution >= 0.6 is 35.2 Å². The molecule has 0 saturated carbocycles. The van der Waals surface area contributed by atoms with E-state index in [0.717, 1.165) is 86.8 Å². The highest BCUT2D eigenvalue weighted by molar-refractivity contribution is 8.13. The van der Waals surface area contributed by atoms with E-state index >= 15 is 0 Å². The zero-order valence-corrected chi connectivity index (χ0v) is 40.8. The molecule has 3 heterocycles. The number of ether oxygens (including phenoxy) is 1. The second kappa shape index (κ2) is 28.0. The molecule has 0 aromatic carbocycles. The number of hydrogen-bond acceptors (Lipinski definition) is 19. The molecule has 0 aliphatic carbocycles. The Bertz CT molecular complexity index is 2060. The molecule has 30 heteroatoms. The molecule has 0 spiro atoms. The minimum atomic E-state index is -5.58. The van der Waals surface area contributed by atoms with Crippen LogP contribution in [0.1, 0.15) is 116 Å². The van der Waals surface area contributed by atoms with E-state index in [1.165, 1.54) is 33.1 Å². The number of aliphatic hydroxyl groups is 2. The van der Waals surface area contributed by atoms with E-state index in [9.17, 15) is 62.7 Å². The number of hydrogen-bond donors (Lipinski definition) is 10. The molecular formula is C37H64N7O19P3S. The summed E-state index contributed by atoms with van der Waals surface area (Å²) in [5, 5.41) is 35.2. The number of amides is 2. The van der Waals surface area contributed by atoms with Crippen LogP contribution < -0.4 is 16.4 Å². The van der Waals surface area contributed by atoms with Crippen LogP contribution in [0.4, 0.5) is 5.82 Å². The van der Waals surface area contributed by atoms with Gasteiger partial charge in [0.2, 0.25) is 11.8 Å². The molecule has 382 valence electrons. The lowest BCUT2D eigenvalue weighted by Gasteiger charge is -2.30. The number of unbranched alkanes of at least 4 members (excludes halogenated alkanes) is 11. The Hall–Kier alpha value is -2.97. The van der Waals surface area contributed by atoms with Crippen molar-refractivity contribution in [3.05, 3.63) is 12.7 Å². The van der Waals surface area contributed by atoms with Crippen LogP contribution in [-0.2, 0) is 55.5 Å². The lowest BCUT2D eigenvalue weighted by Crippen LogP contribution is -2.46. The van der Waals surface area contributed by atoms with Gasteiger partial charge in [-0.15, -0.1) is 0 Å². The van der Waals surface area contributed by atoms with Crippen LogP contribution in [0.25, 0.3) is 11.2 Å². The van der Waals surface area contributed by atoms with Gasteiger partial charge in [0.05, 0.1) is 19.5 Å². The number of phosphoric ester groups is 3. The Morgan fingerprint density at radius 1 is 0.851 bits per heavy atom. The van der Waals surface area contributed by atoms with Gasteiger partial charge in [0.1, 0.15) is 36.3 Å². The maximum atomic E-state index is 12.7. The fourth-order valence-electron chi connectivity index (χ4n) is 6.68. The van der Waals surface area contributed by atoms with Gasteiger partial charge in [0.15, 0.2) is 22.8 Å². The summed E-state index contributed by atoms with van der Waals surface area (Å²) in [5.74, 6) is -1.82. The number of carboxylic acids is 1. The van der Waals surface area contributed by atoms with E-state index in [0.29, 0.717) is 12.2 Å². The number of aromatic nitrogens is 4. The molecule has 26 nitrogen and oxygen atoms in total. The van der Waals surface area contributed by atoms with Gasteiger partial charge >= 0.3 is 29.4 Å². The van der Waals surface area contributed by atoms with Crippen LogP contribution in [0.3, 0.4) is 0 Å². The molecule has 2 aromatic rings. The number of aliphatic carboxylic acids is 1. The molecule has 0 radical (unpaired) electrons. The number of fused-ring (bicyclic) bond motifs is 1. The third kappa shape index (κ3) is 21.7. The maximum Gasteiger partial charge on any atom is 0.481 e. The fourth-order valence-corrected chi connectivity index (χ4v) is 10.2. The summed E-state index contributed by atoms with van der Waals surface area (Å²) in [6.07, 6.45) is 6.31. The number of anilines is 1. The number of nitrogen functional groups attached to an aromatic ring is 1. The first-order valence-electron chi connectivity index (χ1n) is 21.7. The summed E-state index contributed by atoms with van der Waals surface area (Å²) < 4.78 is 62.4. The Labute approximate surface area is 391 Å².